The van der Waals surface area contributed by atoms with E-state index in [1.165, 1.54) is 0 Å². The summed E-state index contributed by atoms with van der Waals surface area (Å²) >= 11 is 0. The Kier molecular flexibility index (Phi) is 4.25. The van der Waals surface area contributed by atoms with Gasteiger partial charge >= 0.3 is 7.12 Å². The van der Waals surface area contributed by atoms with Gasteiger partial charge in [0.05, 0.1) is 11.2 Å². The fourth-order valence-corrected chi connectivity index (χ4v) is 1.22. The van der Waals surface area contributed by atoms with Crippen molar-refractivity contribution in [2.75, 3.05) is 6.54 Å². The molecule has 2 N–H and O–H groups in total. The van der Waals surface area contributed by atoms with E-state index in [9.17, 15) is 0 Å². The molecule has 0 aromatic rings. The summed E-state index contributed by atoms with van der Waals surface area (Å²) in [5.41, 5.74) is 4.99. The third kappa shape index (κ3) is 2.59. The lowest BCUT2D eigenvalue weighted by Gasteiger charge is -2.32. The van der Waals surface area contributed by atoms with Crippen molar-refractivity contribution in [2.45, 2.75) is 45.2 Å². The highest BCUT2D eigenvalue weighted by Gasteiger charge is 2.50. The van der Waals surface area contributed by atoms with E-state index in [0.29, 0.717) is 6.54 Å². The first-order valence-electron chi connectivity index (χ1n) is 4.45. The number of hydrogen-bond donors (Lipinski definition) is 1. The molecule has 0 amide bonds. The average Bonchev–Trinajstić information content (AvgIpc) is 2.02. The SMILES string of the molecule is CC1(C)OB(CCN)OC1(C)C.Cl. The lowest BCUT2D eigenvalue weighted by atomic mass is 9.85. The lowest BCUT2D eigenvalue weighted by Crippen LogP contribution is -2.41. The molecule has 0 aromatic carbocycles. The van der Waals surface area contributed by atoms with Crippen molar-refractivity contribution < 1.29 is 9.31 Å². The van der Waals surface area contributed by atoms with Crippen molar-refractivity contribution in [3.63, 3.8) is 0 Å². The molecule has 13 heavy (non-hydrogen) atoms. The first-order chi connectivity index (χ1) is 5.39. The standard InChI is InChI=1S/C8H18BNO2.ClH/c1-7(2)8(3,4)12-9(11-7)5-6-10;/h5-6,10H2,1-4H3;1H. The van der Waals surface area contributed by atoms with Crippen LogP contribution in [-0.4, -0.2) is 24.9 Å². The molecule has 0 atom stereocenters. The maximum Gasteiger partial charge on any atom is 0.459 e. The lowest BCUT2D eigenvalue weighted by molar-refractivity contribution is 0.00578. The van der Waals surface area contributed by atoms with E-state index in [1.54, 1.807) is 0 Å². The molecule has 0 aliphatic carbocycles. The van der Waals surface area contributed by atoms with Crippen LogP contribution in [0.1, 0.15) is 27.7 Å². The molecule has 0 aromatic heterocycles. The van der Waals surface area contributed by atoms with Gasteiger partial charge in [-0.2, -0.15) is 0 Å². The summed E-state index contributed by atoms with van der Waals surface area (Å²) in [6, 6.07) is 0. The van der Waals surface area contributed by atoms with Crippen molar-refractivity contribution in [1.29, 1.82) is 0 Å². The molecule has 1 saturated heterocycles. The summed E-state index contributed by atoms with van der Waals surface area (Å²) in [4.78, 5) is 0. The van der Waals surface area contributed by atoms with Gasteiger partial charge in [0.1, 0.15) is 0 Å². The first kappa shape index (κ1) is 13.2. The normalized spacial score (nSPS) is 24.2. The van der Waals surface area contributed by atoms with Gasteiger partial charge < -0.3 is 15.0 Å². The predicted molar refractivity (Wildman–Crippen MR) is 57.2 cm³/mol. The highest BCUT2D eigenvalue weighted by Crippen LogP contribution is 2.37. The Morgan fingerprint density at radius 1 is 1.08 bits per heavy atom. The van der Waals surface area contributed by atoms with E-state index in [2.05, 4.69) is 0 Å². The van der Waals surface area contributed by atoms with E-state index in [0.717, 1.165) is 6.32 Å². The molecule has 0 saturated carbocycles. The fourth-order valence-electron chi connectivity index (χ4n) is 1.22. The second-order valence-corrected chi connectivity index (χ2v) is 4.26. The Morgan fingerprint density at radius 3 is 1.77 bits per heavy atom. The van der Waals surface area contributed by atoms with Crippen molar-refractivity contribution in [3.05, 3.63) is 0 Å². The second kappa shape index (κ2) is 4.17. The minimum absolute atomic E-state index is 0. The highest BCUT2D eigenvalue weighted by molar-refractivity contribution is 6.45. The van der Waals surface area contributed by atoms with Gasteiger partial charge in [0.25, 0.3) is 0 Å². The molecule has 1 fully saturated rings. The van der Waals surface area contributed by atoms with E-state index >= 15 is 0 Å². The molecule has 0 spiro atoms. The molecule has 0 bridgehead atoms. The van der Waals surface area contributed by atoms with Gasteiger partial charge in [0, 0.05) is 0 Å². The highest BCUT2D eigenvalue weighted by atomic mass is 35.5. The molecular formula is C8H19BClNO2. The topological polar surface area (TPSA) is 44.5 Å². The quantitative estimate of drug-likeness (QED) is 0.697. The maximum atomic E-state index is 5.70. The van der Waals surface area contributed by atoms with Crippen LogP contribution in [0.3, 0.4) is 0 Å². The molecule has 1 heterocycles. The molecule has 0 radical (unpaired) electrons. The Hall–Kier alpha value is 0.235. The number of halogens is 1. The summed E-state index contributed by atoms with van der Waals surface area (Å²) in [5, 5.41) is 0. The number of hydrogen-bond acceptors (Lipinski definition) is 3. The van der Waals surface area contributed by atoms with Gasteiger partial charge in [0.2, 0.25) is 0 Å². The van der Waals surface area contributed by atoms with Gasteiger partial charge in [-0.15, -0.1) is 12.4 Å². The minimum atomic E-state index is -0.215. The Balaban J connectivity index is 0.00000144. The molecule has 1 rings (SSSR count). The fraction of sp³-hybridized carbons (Fsp3) is 1.00. The van der Waals surface area contributed by atoms with Gasteiger partial charge in [-0.3, -0.25) is 0 Å². The van der Waals surface area contributed by atoms with Crippen molar-refractivity contribution in [1.82, 2.24) is 0 Å². The van der Waals surface area contributed by atoms with Gasteiger partial charge in [0.15, 0.2) is 0 Å². The van der Waals surface area contributed by atoms with Gasteiger partial charge in [-0.05, 0) is 40.6 Å². The molecule has 0 unspecified atom stereocenters. The summed E-state index contributed by atoms with van der Waals surface area (Å²) in [5.74, 6) is 0. The maximum absolute atomic E-state index is 5.70. The van der Waals surface area contributed by atoms with Crippen molar-refractivity contribution in [3.8, 4) is 0 Å². The number of nitrogens with two attached hydrogens (primary N) is 1. The second-order valence-electron chi connectivity index (χ2n) is 4.26. The van der Waals surface area contributed by atoms with Crippen LogP contribution in [0.15, 0.2) is 0 Å². The molecule has 3 nitrogen and oxygen atoms in total. The van der Waals surface area contributed by atoms with Crippen molar-refractivity contribution >= 4 is 19.5 Å². The van der Waals surface area contributed by atoms with Crippen LogP contribution in [0.25, 0.3) is 0 Å². The smallest absolute Gasteiger partial charge is 0.403 e. The van der Waals surface area contributed by atoms with Gasteiger partial charge in [-0.1, -0.05) is 0 Å². The Labute approximate surface area is 86.9 Å². The summed E-state index contributed by atoms with van der Waals surface area (Å²) in [6.07, 6.45) is 0.771. The van der Waals surface area contributed by atoms with Crippen LogP contribution in [0.2, 0.25) is 6.32 Å². The van der Waals surface area contributed by atoms with E-state index < -0.39 is 0 Å². The number of rotatable bonds is 2. The van der Waals surface area contributed by atoms with Gasteiger partial charge in [-0.25, -0.2) is 0 Å². The monoisotopic (exact) mass is 207 g/mol. The predicted octanol–water partition coefficient (Wildman–Crippen LogP) is 1.46. The molecule has 1 aliphatic rings. The van der Waals surface area contributed by atoms with Crippen LogP contribution < -0.4 is 5.73 Å². The third-order valence-electron chi connectivity index (χ3n) is 2.70. The zero-order chi connectivity index (χ0) is 9.41. The van der Waals surface area contributed by atoms with E-state index in [1.807, 2.05) is 27.7 Å². The first-order valence-corrected chi connectivity index (χ1v) is 4.45. The van der Waals surface area contributed by atoms with E-state index in [4.69, 9.17) is 15.0 Å². The van der Waals surface area contributed by atoms with E-state index in [-0.39, 0.29) is 30.7 Å². The van der Waals surface area contributed by atoms with Crippen LogP contribution in [-0.2, 0) is 9.31 Å². The van der Waals surface area contributed by atoms with Crippen LogP contribution in [0.5, 0.6) is 0 Å². The molecule has 78 valence electrons. The summed E-state index contributed by atoms with van der Waals surface area (Å²) < 4.78 is 11.4. The van der Waals surface area contributed by atoms with Crippen LogP contribution in [0, 0.1) is 0 Å². The third-order valence-corrected chi connectivity index (χ3v) is 2.70. The average molecular weight is 208 g/mol. The summed E-state index contributed by atoms with van der Waals surface area (Å²) in [7, 11) is -0.125. The van der Waals surface area contributed by atoms with Crippen molar-refractivity contribution in [2.24, 2.45) is 5.73 Å². The Morgan fingerprint density at radius 2 is 1.46 bits per heavy atom. The van der Waals surface area contributed by atoms with Crippen LogP contribution >= 0.6 is 12.4 Å². The largest absolute Gasteiger partial charge is 0.459 e. The summed E-state index contributed by atoms with van der Waals surface area (Å²) in [6.45, 7) is 8.79. The molecule has 1 aliphatic heterocycles. The zero-order valence-electron chi connectivity index (χ0n) is 8.79. The van der Waals surface area contributed by atoms with Crippen LogP contribution in [0.4, 0.5) is 0 Å². The minimum Gasteiger partial charge on any atom is -0.403 e. The Bertz CT molecular complexity index is 160. The molecule has 5 heteroatoms. The zero-order valence-corrected chi connectivity index (χ0v) is 9.61. The molecular weight excluding hydrogens is 188 g/mol.